The molecule has 2 bridgehead atoms. The van der Waals surface area contributed by atoms with Crippen molar-refractivity contribution in [3.8, 4) is 0 Å². The number of Topliss-reactive ketones (excluding diaryl/α,β-unsaturated/α-hetero) is 1. The topological polar surface area (TPSA) is 17.1 Å². The first-order chi connectivity index (χ1) is 5.34. The van der Waals surface area contributed by atoms with Crippen LogP contribution in [0, 0.1) is 23.7 Å². The van der Waals surface area contributed by atoms with Gasteiger partial charge in [-0.2, -0.15) is 0 Å². The van der Waals surface area contributed by atoms with Crippen LogP contribution in [-0.2, 0) is 4.79 Å². The van der Waals surface area contributed by atoms with Crippen molar-refractivity contribution in [3.05, 3.63) is 12.2 Å². The molecule has 0 aromatic rings. The lowest BCUT2D eigenvalue weighted by atomic mass is 9.89. The third-order valence-electron chi connectivity index (χ3n) is 3.52. The molecule has 0 saturated heterocycles. The van der Waals surface area contributed by atoms with Gasteiger partial charge in [-0.1, -0.05) is 12.2 Å². The fourth-order valence-electron chi connectivity index (χ4n) is 2.83. The summed E-state index contributed by atoms with van der Waals surface area (Å²) < 4.78 is 0. The van der Waals surface area contributed by atoms with E-state index >= 15 is 0 Å². The summed E-state index contributed by atoms with van der Waals surface area (Å²) in [6.07, 6.45) is 8.21. The maximum absolute atomic E-state index is 10.9. The highest BCUT2D eigenvalue weighted by molar-refractivity contribution is 5.96. The predicted molar refractivity (Wildman–Crippen MR) is 42.0 cm³/mol. The van der Waals surface area contributed by atoms with Gasteiger partial charge in [-0.15, -0.1) is 0 Å². The summed E-state index contributed by atoms with van der Waals surface area (Å²) in [5.74, 6) is 3.36. The number of ketones is 1. The van der Waals surface area contributed by atoms with Gasteiger partial charge in [-0.3, -0.25) is 4.79 Å². The van der Waals surface area contributed by atoms with E-state index in [2.05, 4.69) is 12.2 Å². The van der Waals surface area contributed by atoms with Crippen molar-refractivity contribution in [2.24, 2.45) is 23.7 Å². The van der Waals surface area contributed by atoms with E-state index in [9.17, 15) is 4.79 Å². The highest BCUT2D eigenvalue weighted by Gasteiger charge is 2.49. The highest BCUT2D eigenvalue weighted by Crippen LogP contribution is 2.51. The van der Waals surface area contributed by atoms with Crippen LogP contribution in [0.25, 0.3) is 0 Å². The van der Waals surface area contributed by atoms with E-state index in [4.69, 9.17) is 0 Å². The van der Waals surface area contributed by atoms with Crippen molar-refractivity contribution in [3.63, 3.8) is 0 Å². The van der Waals surface area contributed by atoms with Gasteiger partial charge in [-0.05, 0) is 30.6 Å². The zero-order valence-corrected chi connectivity index (χ0v) is 6.49. The highest BCUT2D eigenvalue weighted by atomic mass is 16.1. The maximum Gasteiger partial charge on any atom is 0.137 e. The lowest BCUT2D eigenvalue weighted by Gasteiger charge is -2.15. The van der Waals surface area contributed by atoms with E-state index in [0.29, 0.717) is 11.7 Å². The summed E-state index contributed by atoms with van der Waals surface area (Å²) in [6, 6.07) is 0. The Bertz CT molecular complexity index is 241. The van der Waals surface area contributed by atoms with Crippen LogP contribution < -0.4 is 0 Å². The molecule has 0 amide bonds. The van der Waals surface area contributed by atoms with Crippen LogP contribution >= 0.6 is 0 Å². The van der Waals surface area contributed by atoms with Crippen molar-refractivity contribution < 1.29 is 4.79 Å². The molecule has 4 unspecified atom stereocenters. The van der Waals surface area contributed by atoms with Gasteiger partial charge in [-0.25, -0.2) is 0 Å². The zero-order valence-electron chi connectivity index (χ0n) is 6.49. The predicted octanol–water partition coefficient (Wildman–Crippen LogP) is 1.79. The standard InChI is InChI=1S/C10H12O/c11-10-5-9(10)8-4-6-1-2-7(8)3-6/h1-2,6-9H,3-5H2. The van der Waals surface area contributed by atoms with Crippen LogP contribution in [0.4, 0.5) is 0 Å². The number of fused-ring (bicyclic) bond motifs is 2. The van der Waals surface area contributed by atoms with E-state index in [-0.39, 0.29) is 0 Å². The first-order valence-corrected chi connectivity index (χ1v) is 4.55. The number of hydrogen-bond donors (Lipinski definition) is 0. The number of rotatable bonds is 1. The molecule has 0 heterocycles. The first kappa shape index (κ1) is 5.99. The first-order valence-electron chi connectivity index (χ1n) is 4.55. The number of hydrogen-bond acceptors (Lipinski definition) is 1. The molecule has 1 heteroatoms. The Morgan fingerprint density at radius 1 is 1.27 bits per heavy atom. The lowest BCUT2D eigenvalue weighted by molar-refractivity contribution is -0.111. The Morgan fingerprint density at radius 2 is 2.09 bits per heavy atom. The summed E-state index contributed by atoms with van der Waals surface area (Å²) >= 11 is 0. The molecule has 2 saturated carbocycles. The van der Waals surface area contributed by atoms with Gasteiger partial charge in [0, 0.05) is 12.3 Å². The van der Waals surface area contributed by atoms with Gasteiger partial charge >= 0.3 is 0 Å². The van der Waals surface area contributed by atoms with Crippen LogP contribution in [-0.4, -0.2) is 5.78 Å². The van der Waals surface area contributed by atoms with Gasteiger partial charge in [0.15, 0.2) is 0 Å². The molecular formula is C10H12O. The van der Waals surface area contributed by atoms with Crippen molar-refractivity contribution in [2.45, 2.75) is 19.3 Å². The molecule has 0 N–H and O–H groups in total. The van der Waals surface area contributed by atoms with E-state index in [0.717, 1.165) is 24.2 Å². The maximum atomic E-state index is 10.9. The Labute approximate surface area is 66.5 Å². The van der Waals surface area contributed by atoms with Gasteiger partial charge in [0.2, 0.25) is 0 Å². The molecule has 0 aromatic heterocycles. The summed E-state index contributed by atoms with van der Waals surface area (Å²) in [6.45, 7) is 0. The molecule has 0 radical (unpaired) electrons. The lowest BCUT2D eigenvalue weighted by Crippen LogP contribution is -2.10. The van der Waals surface area contributed by atoms with E-state index in [1.165, 1.54) is 12.8 Å². The largest absolute Gasteiger partial charge is 0.299 e. The summed E-state index contributed by atoms with van der Waals surface area (Å²) in [7, 11) is 0. The molecule has 0 aliphatic heterocycles. The number of carbonyl (C=O) groups excluding carboxylic acids is 1. The average molecular weight is 148 g/mol. The Kier molecular flexibility index (Phi) is 0.961. The average Bonchev–Trinajstić information content (AvgIpc) is 2.52. The fourth-order valence-corrected chi connectivity index (χ4v) is 2.83. The minimum Gasteiger partial charge on any atom is -0.299 e. The molecule has 0 aromatic carbocycles. The summed E-state index contributed by atoms with van der Waals surface area (Å²) in [5, 5.41) is 0. The second kappa shape index (κ2) is 1.77. The van der Waals surface area contributed by atoms with Gasteiger partial charge < -0.3 is 0 Å². The van der Waals surface area contributed by atoms with Gasteiger partial charge in [0.05, 0.1) is 0 Å². The van der Waals surface area contributed by atoms with Crippen LogP contribution in [0.3, 0.4) is 0 Å². The second-order valence-corrected chi connectivity index (χ2v) is 4.22. The molecule has 0 spiro atoms. The molecule has 2 fully saturated rings. The third kappa shape index (κ3) is 0.741. The van der Waals surface area contributed by atoms with Gasteiger partial charge in [0.1, 0.15) is 5.78 Å². The molecule has 1 nitrogen and oxygen atoms in total. The van der Waals surface area contributed by atoms with E-state index in [1.807, 2.05) is 0 Å². The van der Waals surface area contributed by atoms with Crippen molar-refractivity contribution >= 4 is 5.78 Å². The van der Waals surface area contributed by atoms with Crippen LogP contribution in [0.1, 0.15) is 19.3 Å². The third-order valence-corrected chi connectivity index (χ3v) is 3.52. The van der Waals surface area contributed by atoms with Crippen LogP contribution in [0.2, 0.25) is 0 Å². The summed E-state index contributed by atoms with van der Waals surface area (Å²) in [4.78, 5) is 10.9. The smallest absolute Gasteiger partial charge is 0.137 e. The second-order valence-electron chi connectivity index (χ2n) is 4.22. The molecule has 3 aliphatic carbocycles. The Morgan fingerprint density at radius 3 is 2.55 bits per heavy atom. The molecular weight excluding hydrogens is 136 g/mol. The summed E-state index contributed by atoms with van der Waals surface area (Å²) in [5.41, 5.74) is 0. The minimum absolute atomic E-state index is 0.481. The minimum atomic E-state index is 0.481. The molecule has 11 heavy (non-hydrogen) atoms. The SMILES string of the molecule is O=C1CC1C1CC2C=CC1C2. The van der Waals surface area contributed by atoms with Crippen LogP contribution in [0.15, 0.2) is 12.2 Å². The Balaban J connectivity index is 1.82. The van der Waals surface area contributed by atoms with Crippen molar-refractivity contribution in [1.29, 1.82) is 0 Å². The number of carbonyl (C=O) groups is 1. The Hall–Kier alpha value is -0.590. The molecule has 3 aliphatic rings. The number of allylic oxidation sites excluding steroid dienone is 2. The zero-order chi connectivity index (χ0) is 7.42. The quantitative estimate of drug-likeness (QED) is 0.518. The molecule has 58 valence electrons. The van der Waals surface area contributed by atoms with Crippen LogP contribution in [0.5, 0.6) is 0 Å². The monoisotopic (exact) mass is 148 g/mol. The van der Waals surface area contributed by atoms with Crippen molar-refractivity contribution in [1.82, 2.24) is 0 Å². The molecule has 3 rings (SSSR count). The van der Waals surface area contributed by atoms with Gasteiger partial charge in [0.25, 0.3) is 0 Å². The van der Waals surface area contributed by atoms with Crippen molar-refractivity contribution in [2.75, 3.05) is 0 Å². The van der Waals surface area contributed by atoms with E-state index in [1.54, 1.807) is 0 Å². The van der Waals surface area contributed by atoms with E-state index < -0.39 is 0 Å². The fraction of sp³-hybridized carbons (Fsp3) is 0.700. The normalized spacial score (nSPS) is 52.2. The molecule has 4 atom stereocenters.